The molecule has 0 saturated carbocycles. The largest absolute Gasteiger partial charge is 0.431 e. The molecular weight excluding hydrogens is 459 g/mol. The SMILES string of the molecule is C[C@@H]1CCN(C2=CN=C(C(F)(F)F)CN2)CCN1C(=O)c1c(-c2ccccn2)nn2ccccc12. The van der Waals surface area contributed by atoms with Crippen molar-refractivity contribution in [3.05, 3.63) is 66.4 Å². The Morgan fingerprint density at radius 2 is 1.94 bits per heavy atom. The second-order valence-corrected chi connectivity index (χ2v) is 8.53. The molecular formula is C24H24F3N7O. The Morgan fingerprint density at radius 3 is 2.66 bits per heavy atom. The molecule has 1 saturated heterocycles. The Balaban J connectivity index is 1.42. The number of aliphatic imine (C=N–C) groups is 1. The van der Waals surface area contributed by atoms with Gasteiger partial charge in [0.15, 0.2) is 0 Å². The average Bonchev–Trinajstić information content (AvgIpc) is 3.14. The minimum Gasteiger partial charge on any atom is -0.365 e. The molecule has 0 radical (unpaired) electrons. The monoisotopic (exact) mass is 483 g/mol. The smallest absolute Gasteiger partial charge is 0.365 e. The van der Waals surface area contributed by atoms with Crippen molar-refractivity contribution in [3.8, 4) is 11.4 Å². The first-order valence-corrected chi connectivity index (χ1v) is 11.4. The highest BCUT2D eigenvalue weighted by atomic mass is 19.4. The molecule has 2 aliphatic heterocycles. The minimum absolute atomic E-state index is 0.0822. The maximum atomic E-state index is 13.9. The van der Waals surface area contributed by atoms with Crippen molar-refractivity contribution >= 4 is 17.1 Å². The van der Waals surface area contributed by atoms with Gasteiger partial charge in [0.1, 0.15) is 17.2 Å². The zero-order valence-electron chi connectivity index (χ0n) is 19.0. The third-order valence-electron chi connectivity index (χ3n) is 6.33. The highest BCUT2D eigenvalue weighted by Gasteiger charge is 2.37. The van der Waals surface area contributed by atoms with E-state index in [1.54, 1.807) is 16.9 Å². The number of aromatic nitrogens is 3. The highest BCUT2D eigenvalue weighted by molar-refractivity contribution is 6.06. The van der Waals surface area contributed by atoms with Gasteiger partial charge in [0.05, 0.1) is 29.5 Å². The molecule has 8 nitrogen and oxygen atoms in total. The molecule has 0 bridgehead atoms. The molecule has 3 aromatic rings. The van der Waals surface area contributed by atoms with Gasteiger partial charge in [0.25, 0.3) is 5.91 Å². The van der Waals surface area contributed by atoms with Crippen molar-refractivity contribution in [2.24, 2.45) is 4.99 Å². The van der Waals surface area contributed by atoms with E-state index in [9.17, 15) is 18.0 Å². The van der Waals surface area contributed by atoms with E-state index in [1.165, 1.54) is 6.20 Å². The number of halogens is 3. The lowest BCUT2D eigenvalue weighted by Gasteiger charge is -2.29. The molecule has 1 fully saturated rings. The van der Waals surface area contributed by atoms with Crippen molar-refractivity contribution in [3.63, 3.8) is 0 Å². The summed E-state index contributed by atoms with van der Waals surface area (Å²) in [5.74, 6) is 0.383. The van der Waals surface area contributed by atoms with E-state index in [4.69, 9.17) is 0 Å². The number of carbonyl (C=O) groups is 1. The van der Waals surface area contributed by atoms with Gasteiger partial charge in [-0.15, -0.1) is 0 Å². The number of rotatable bonds is 3. The molecule has 1 atom stereocenters. The van der Waals surface area contributed by atoms with Crippen LogP contribution in [0.15, 0.2) is 65.8 Å². The standard InChI is InChI=1S/C24H24F3N7O/c1-16-8-11-32(20-15-29-19(14-30-20)24(25,26)27)12-13-33(16)23(35)21-18-7-3-5-10-34(18)31-22(21)17-6-2-4-9-28-17/h2-7,9-10,15-16,30H,8,11-14H2,1H3/t16-/m1/s1. The first-order chi connectivity index (χ1) is 16.8. The summed E-state index contributed by atoms with van der Waals surface area (Å²) in [5, 5.41) is 7.46. The van der Waals surface area contributed by atoms with Crippen LogP contribution in [0.3, 0.4) is 0 Å². The van der Waals surface area contributed by atoms with E-state index in [0.29, 0.717) is 54.3 Å². The number of fused-ring (bicyclic) bond motifs is 1. The third kappa shape index (κ3) is 4.45. The minimum atomic E-state index is -4.45. The first-order valence-electron chi connectivity index (χ1n) is 11.4. The predicted molar refractivity (Wildman–Crippen MR) is 125 cm³/mol. The summed E-state index contributed by atoms with van der Waals surface area (Å²) in [5.41, 5.74) is 1.45. The maximum Gasteiger partial charge on any atom is 0.431 e. The molecule has 0 unspecified atom stereocenters. The van der Waals surface area contributed by atoms with Gasteiger partial charge in [-0.1, -0.05) is 12.1 Å². The van der Waals surface area contributed by atoms with Gasteiger partial charge in [-0.05, 0) is 37.6 Å². The second-order valence-electron chi connectivity index (χ2n) is 8.53. The normalized spacial score (nSPS) is 19.1. The van der Waals surface area contributed by atoms with Gasteiger partial charge in [-0.3, -0.25) is 14.8 Å². The predicted octanol–water partition coefficient (Wildman–Crippen LogP) is 3.34. The number of nitrogens with one attached hydrogen (secondary N) is 1. The van der Waals surface area contributed by atoms with Crippen molar-refractivity contribution in [2.45, 2.75) is 25.6 Å². The van der Waals surface area contributed by atoms with Gasteiger partial charge in [-0.2, -0.15) is 18.3 Å². The maximum absolute atomic E-state index is 13.9. The van der Waals surface area contributed by atoms with E-state index < -0.39 is 11.9 Å². The molecule has 182 valence electrons. The number of amides is 1. The van der Waals surface area contributed by atoms with Crippen molar-refractivity contribution in [2.75, 3.05) is 26.2 Å². The van der Waals surface area contributed by atoms with Gasteiger partial charge < -0.3 is 15.1 Å². The van der Waals surface area contributed by atoms with Crippen molar-refractivity contribution in [1.82, 2.24) is 29.7 Å². The van der Waals surface area contributed by atoms with Crippen LogP contribution in [0.2, 0.25) is 0 Å². The first kappa shape index (κ1) is 22.9. The molecule has 35 heavy (non-hydrogen) atoms. The van der Waals surface area contributed by atoms with E-state index >= 15 is 0 Å². The molecule has 1 N–H and O–H groups in total. The van der Waals surface area contributed by atoms with Crippen LogP contribution in [0.1, 0.15) is 23.7 Å². The Kier molecular flexibility index (Phi) is 5.91. The van der Waals surface area contributed by atoms with Crippen molar-refractivity contribution in [1.29, 1.82) is 0 Å². The number of hydrogen-bond acceptors (Lipinski definition) is 6. The molecule has 2 aliphatic rings. The molecule has 0 aliphatic carbocycles. The topological polar surface area (TPSA) is 78.1 Å². The number of pyridine rings is 2. The lowest BCUT2D eigenvalue weighted by Crippen LogP contribution is -2.43. The second kappa shape index (κ2) is 9.05. The molecule has 1 amide bonds. The molecule has 5 heterocycles. The fourth-order valence-corrected chi connectivity index (χ4v) is 4.41. The van der Waals surface area contributed by atoms with Gasteiger partial charge >= 0.3 is 6.18 Å². The fourth-order valence-electron chi connectivity index (χ4n) is 4.41. The van der Waals surface area contributed by atoms with Gasteiger partial charge in [0, 0.05) is 38.1 Å². The highest BCUT2D eigenvalue weighted by Crippen LogP contribution is 2.28. The van der Waals surface area contributed by atoms with E-state index in [2.05, 4.69) is 20.4 Å². The number of alkyl halides is 3. The van der Waals surface area contributed by atoms with Crippen LogP contribution in [0.25, 0.3) is 16.9 Å². The zero-order valence-corrected chi connectivity index (χ0v) is 19.0. The fraction of sp³-hybridized carbons (Fsp3) is 0.333. The van der Waals surface area contributed by atoms with Crippen LogP contribution in [-0.2, 0) is 0 Å². The Bertz CT molecular complexity index is 1300. The van der Waals surface area contributed by atoms with E-state index in [0.717, 1.165) is 0 Å². The Morgan fingerprint density at radius 1 is 1.11 bits per heavy atom. The zero-order chi connectivity index (χ0) is 24.6. The molecule has 3 aromatic heterocycles. The van der Waals surface area contributed by atoms with Gasteiger partial charge in [0.2, 0.25) is 0 Å². The lowest BCUT2D eigenvalue weighted by molar-refractivity contribution is -0.0601. The molecule has 11 heteroatoms. The Hall–Kier alpha value is -3.89. The van der Waals surface area contributed by atoms with Crippen LogP contribution in [0.5, 0.6) is 0 Å². The van der Waals surface area contributed by atoms with Crippen LogP contribution >= 0.6 is 0 Å². The molecule has 5 rings (SSSR count). The summed E-state index contributed by atoms with van der Waals surface area (Å²) in [6.45, 7) is 3.06. The lowest BCUT2D eigenvalue weighted by atomic mass is 10.1. The number of carbonyl (C=O) groups excluding carboxylic acids is 1. The van der Waals surface area contributed by atoms with Gasteiger partial charge in [-0.25, -0.2) is 4.52 Å². The van der Waals surface area contributed by atoms with Crippen LogP contribution < -0.4 is 5.32 Å². The van der Waals surface area contributed by atoms with Crippen LogP contribution in [0.4, 0.5) is 13.2 Å². The molecule has 0 spiro atoms. The van der Waals surface area contributed by atoms with Crippen LogP contribution in [0, 0.1) is 0 Å². The quantitative estimate of drug-likeness (QED) is 0.619. The summed E-state index contributed by atoms with van der Waals surface area (Å²) in [6.07, 6.45) is 0.879. The number of nitrogens with zero attached hydrogens (tertiary/aromatic N) is 6. The Labute approximate surface area is 199 Å². The summed E-state index contributed by atoms with van der Waals surface area (Å²) >= 11 is 0. The third-order valence-corrected chi connectivity index (χ3v) is 6.33. The summed E-state index contributed by atoms with van der Waals surface area (Å²) < 4.78 is 40.4. The average molecular weight is 483 g/mol. The summed E-state index contributed by atoms with van der Waals surface area (Å²) in [6, 6.07) is 11.0. The summed E-state index contributed by atoms with van der Waals surface area (Å²) in [4.78, 5) is 25.7. The molecule has 0 aromatic carbocycles. The van der Waals surface area contributed by atoms with Crippen LogP contribution in [-0.4, -0.2) is 74.4 Å². The van der Waals surface area contributed by atoms with E-state index in [-0.39, 0.29) is 18.5 Å². The van der Waals surface area contributed by atoms with Crippen molar-refractivity contribution < 1.29 is 18.0 Å². The summed E-state index contributed by atoms with van der Waals surface area (Å²) in [7, 11) is 0. The van der Waals surface area contributed by atoms with E-state index in [1.807, 2.05) is 53.1 Å². The number of hydrogen-bond donors (Lipinski definition) is 1.